The number of rotatable bonds is 3. The minimum atomic E-state index is -2.94. The molecule has 1 aliphatic rings. The molecule has 1 heterocycles. The van der Waals surface area contributed by atoms with Crippen molar-refractivity contribution < 1.29 is 8.42 Å². The monoisotopic (exact) mass is 230 g/mol. The van der Waals surface area contributed by atoms with Gasteiger partial charge in [-0.25, -0.2) is 8.42 Å². The summed E-state index contributed by atoms with van der Waals surface area (Å²) in [6.07, 6.45) is 2.90. The van der Waals surface area contributed by atoms with Crippen LogP contribution in [0.4, 0.5) is 0 Å². The topological polar surface area (TPSA) is 34.1 Å². The van der Waals surface area contributed by atoms with Crippen LogP contribution in [0.2, 0.25) is 0 Å². The second-order valence-electron chi connectivity index (χ2n) is 2.94. The van der Waals surface area contributed by atoms with Gasteiger partial charge in [0.25, 0.3) is 0 Å². The largest absolute Gasteiger partial charge is 0.231 e. The third-order valence-electron chi connectivity index (χ3n) is 1.92. The van der Waals surface area contributed by atoms with E-state index >= 15 is 0 Å². The summed E-state index contributed by atoms with van der Waals surface area (Å²) in [4.78, 5) is 1.64. The molecule has 0 aromatic rings. The van der Waals surface area contributed by atoms with Crippen LogP contribution in [0.15, 0.2) is 9.81 Å². The third-order valence-corrected chi connectivity index (χ3v) is 5.93. The summed E-state index contributed by atoms with van der Waals surface area (Å²) in [6.45, 7) is 3.97. The SMILES string of the molecule is CCC#CCCC1=C(CC)SS1(=O)=O. The van der Waals surface area contributed by atoms with Gasteiger partial charge >= 0.3 is 0 Å². The van der Waals surface area contributed by atoms with Crippen molar-refractivity contribution in [1.29, 1.82) is 0 Å². The van der Waals surface area contributed by atoms with E-state index in [4.69, 9.17) is 0 Å². The normalized spacial score (nSPS) is 18.4. The number of hydrogen-bond donors (Lipinski definition) is 0. The number of allylic oxidation sites excluding steroid dienone is 2. The Morgan fingerprint density at radius 3 is 2.50 bits per heavy atom. The molecule has 0 saturated carbocycles. The highest BCUT2D eigenvalue weighted by molar-refractivity contribution is 8.77. The van der Waals surface area contributed by atoms with Crippen LogP contribution in [-0.4, -0.2) is 8.42 Å². The Labute approximate surface area is 89.5 Å². The van der Waals surface area contributed by atoms with E-state index in [1.165, 1.54) is 0 Å². The second kappa shape index (κ2) is 4.90. The molecule has 0 aromatic heterocycles. The molecule has 0 bridgehead atoms. The predicted molar refractivity (Wildman–Crippen MR) is 61.1 cm³/mol. The molecular weight excluding hydrogens is 216 g/mol. The van der Waals surface area contributed by atoms with Crippen LogP contribution in [0.1, 0.15) is 39.5 Å². The standard InChI is InChI=1S/C10H14O2S2/c1-3-5-6-7-8-10-9(4-2)13-14(10,11)12/h3-4,7-8H2,1-2H3. The molecule has 0 atom stereocenters. The summed E-state index contributed by atoms with van der Waals surface area (Å²) in [5.41, 5.74) is 0. The lowest BCUT2D eigenvalue weighted by atomic mass is 10.2. The molecule has 0 fully saturated rings. The van der Waals surface area contributed by atoms with Crippen molar-refractivity contribution >= 4 is 19.7 Å². The van der Waals surface area contributed by atoms with E-state index in [1.54, 1.807) is 0 Å². The summed E-state index contributed by atoms with van der Waals surface area (Å²) in [6, 6.07) is 0. The Bertz CT molecular complexity index is 394. The van der Waals surface area contributed by atoms with Gasteiger partial charge in [0.2, 0.25) is 8.87 Å². The molecule has 0 saturated heterocycles. The molecule has 0 amide bonds. The van der Waals surface area contributed by atoms with Gasteiger partial charge in [-0.05, 0) is 12.8 Å². The van der Waals surface area contributed by atoms with Crippen molar-refractivity contribution in [3.8, 4) is 11.8 Å². The third kappa shape index (κ3) is 2.55. The van der Waals surface area contributed by atoms with Gasteiger partial charge in [-0.2, -0.15) is 0 Å². The average Bonchev–Trinajstić information content (AvgIpc) is 2.14. The smallest absolute Gasteiger partial charge is 0.212 e. The molecule has 0 radical (unpaired) electrons. The van der Waals surface area contributed by atoms with Crippen LogP contribution in [0.5, 0.6) is 0 Å². The maximum atomic E-state index is 11.3. The van der Waals surface area contributed by atoms with Crippen LogP contribution in [0, 0.1) is 11.8 Å². The van der Waals surface area contributed by atoms with Gasteiger partial charge in [-0.15, -0.1) is 11.8 Å². The van der Waals surface area contributed by atoms with Crippen molar-refractivity contribution in [2.24, 2.45) is 0 Å². The Morgan fingerprint density at radius 1 is 1.29 bits per heavy atom. The van der Waals surface area contributed by atoms with E-state index < -0.39 is 8.87 Å². The first-order valence-electron chi connectivity index (χ1n) is 4.74. The summed E-state index contributed by atoms with van der Waals surface area (Å²) in [5.74, 6) is 5.90. The van der Waals surface area contributed by atoms with E-state index in [0.717, 1.165) is 28.5 Å². The van der Waals surface area contributed by atoms with Gasteiger partial charge < -0.3 is 0 Å². The number of hydrogen-bond acceptors (Lipinski definition) is 3. The summed E-state index contributed by atoms with van der Waals surface area (Å²) >= 11 is 0. The Kier molecular flexibility index (Phi) is 4.09. The molecule has 0 unspecified atom stereocenters. The van der Waals surface area contributed by atoms with Gasteiger partial charge in [0.15, 0.2) is 0 Å². The molecule has 14 heavy (non-hydrogen) atoms. The first-order valence-corrected chi connectivity index (χ1v) is 7.55. The lowest BCUT2D eigenvalue weighted by Gasteiger charge is -2.20. The molecule has 1 rings (SSSR count). The highest BCUT2D eigenvalue weighted by atomic mass is 33.1. The zero-order valence-electron chi connectivity index (χ0n) is 8.46. The van der Waals surface area contributed by atoms with Crippen molar-refractivity contribution in [2.75, 3.05) is 0 Å². The molecule has 0 N–H and O–H groups in total. The van der Waals surface area contributed by atoms with E-state index in [-0.39, 0.29) is 0 Å². The molecule has 1 aliphatic heterocycles. The Balaban J connectivity index is 2.59. The second-order valence-corrected chi connectivity index (χ2v) is 6.82. The van der Waals surface area contributed by atoms with E-state index in [9.17, 15) is 8.42 Å². The first-order chi connectivity index (χ1) is 6.61. The minimum Gasteiger partial charge on any atom is -0.212 e. The van der Waals surface area contributed by atoms with E-state index in [2.05, 4.69) is 11.8 Å². The minimum absolute atomic E-state index is 0.589. The van der Waals surface area contributed by atoms with E-state index in [0.29, 0.717) is 17.7 Å². The molecule has 0 aliphatic carbocycles. The molecule has 0 aromatic carbocycles. The molecule has 0 spiro atoms. The summed E-state index contributed by atoms with van der Waals surface area (Å²) in [7, 11) is -1.94. The van der Waals surface area contributed by atoms with Crippen LogP contribution < -0.4 is 0 Å². The Hall–Kier alpha value is -0.400. The predicted octanol–water partition coefficient (Wildman–Crippen LogP) is 2.88. The fourth-order valence-corrected chi connectivity index (χ4v) is 4.89. The maximum Gasteiger partial charge on any atom is 0.231 e. The zero-order chi connectivity index (χ0) is 10.6. The van der Waals surface area contributed by atoms with Crippen molar-refractivity contribution in [1.82, 2.24) is 0 Å². The highest BCUT2D eigenvalue weighted by Crippen LogP contribution is 2.46. The van der Waals surface area contributed by atoms with Crippen LogP contribution in [0.3, 0.4) is 0 Å². The van der Waals surface area contributed by atoms with Crippen LogP contribution in [0.25, 0.3) is 0 Å². The van der Waals surface area contributed by atoms with Gasteiger partial charge in [-0.1, -0.05) is 13.8 Å². The lowest BCUT2D eigenvalue weighted by Crippen LogP contribution is -2.11. The summed E-state index contributed by atoms with van der Waals surface area (Å²) < 4.78 is 22.6. The maximum absolute atomic E-state index is 11.3. The first kappa shape index (κ1) is 11.7. The van der Waals surface area contributed by atoms with Gasteiger partial charge in [0, 0.05) is 28.5 Å². The average molecular weight is 230 g/mol. The van der Waals surface area contributed by atoms with Crippen molar-refractivity contribution in [2.45, 2.75) is 39.5 Å². The van der Waals surface area contributed by atoms with Gasteiger partial charge in [0.05, 0.1) is 4.91 Å². The van der Waals surface area contributed by atoms with Gasteiger partial charge in [0.1, 0.15) is 0 Å². The van der Waals surface area contributed by atoms with Crippen LogP contribution in [-0.2, 0) is 8.87 Å². The van der Waals surface area contributed by atoms with Crippen LogP contribution >= 0.6 is 10.8 Å². The zero-order valence-corrected chi connectivity index (χ0v) is 10.1. The van der Waals surface area contributed by atoms with E-state index in [1.807, 2.05) is 13.8 Å². The van der Waals surface area contributed by atoms with Crippen molar-refractivity contribution in [3.63, 3.8) is 0 Å². The molecule has 4 heteroatoms. The molecule has 78 valence electrons. The van der Waals surface area contributed by atoms with Gasteiger partial charge in [-0.3, -0.25) is 0 Å². The molecule has 2 nitrogen and oxygen atoms in total. The quantitative estimate of drug-likeness (QED) is 0.552. The van der Waals surface area contributed by atoms with Crippen molar-refractivity contribution in [3.05, 3.63) is 9.81 Å². The molecular formula is C10H14O2S2. The lowest BCUT2D eigenvalue weighted by molar-refractivity contribution is 0.612. The fraction of sp³-hybridized carbons (Fsp3) is 0.600. The Morgan fingerprint density at radius 2 is 2.00 bits per heavy atom. The highest BCUT2D eigenvalue weighted by Gasteiger charge is 2.33. The summed E-state index contributed by atoms with van der Waals surface area (Å²) in [5, 5.41) is 0. The fourth-order valence-electron chi connectivity index (χ4n) is 1.24.